The van der Waals surface area contributed by atoms with Gasteiger partial charge in [0.15, 0.2) is 5.76 Å². The lowest BCUT2D eigenvalue weighted by molar-refractivity contribution is 0.0996. The maximum atomic E-state index is 11.9. The van der Waals surface area contributed by atoms with E-state index in [9.17, 15) is 4.79 Å². The predicted octanol–water partition coefficient (Wildman–Crippen LogP) is 3.59. The number of carbonyl (C=O) groups excluding carboxylic acids is 1. The van der Waals surface area contributed by atoms with E-state index < -0.39 is 0 Å². The van der Waals surface area contributed by atoms with Crippen molar-refractivity contribution >= 4 is 17.4 Å². The number of benzene rings is 1. The zero-order valence-corrected chi connectivity index (χ0v) is 13.9. The van der Waals surface area contributed by atoms with E-state index in [4.69, 9.17) is 9.15 Å². The van der Waals surface area contributed by atoms with Crippen molar-refractivity contribution in [2.45, 2.75) is 6.42 Å². The molecule has 1 amide bonds. The van der Waals surface area contributed by atoms with Gasteiger partial charge in [0.25, 0.3) is 5.91 Å². The van der Waals surface area contributed by atoms with Crippen molar-refractivity contribution in [3.63, 3.8) is 0 Å². The molecule has 6 heteroatoms. The monoisotopic (exact) mass is 337 g/mol. The molecule has 0 spiro atoms. The fraction of sp³-hybridized carbons (Fsp3) is 0.158. The molecule has 0 aliphatic heterocycles. The number of furan rings is 1. The Hall–Kier alpha value is -3.28. The van der Waals surface area contributed by atoms with Crippen molar-refractivity contribution < 1.29 is 13.9 Å². The highest BCUT2D eigenvalue weighted by atomic mass is 16.5. The summed E-state index contributed by atoms with van der Waals surface area (Å²) in [6.45, 7) is 0.748. The lowest BCUT2D eigenvalue weighted by Crippen LogP contribution is -2.11. The van der Waals surface area contributed by atoms with Crippen LogP contribution in [0, 0.1) is 0 Å². The Balaban J connectivity index is 1.49. The summed E-state index contributed by atoms with van der Waals surface area (Å²) in [5.74, 6) is 1.57. The van der Waals surface area contributed by atoms with Gasteiger partial charge in [-0.2, -0.15) is 0 Å². The Labute approximate surface area is 145 Å². The SMILES string of the molecule is COc1cccc(CCNc2ccc(NC(=O)c3ccco3)cn2)c1. The molecule has 0 radical (unpaired) electrons. The average Bonchev–Trinajstić information content (AvgIpc) is 3.18. The van der Waals surface area contributed by atoms with Crippen molar-refractivity contribution in [1.29, 1.82) is 0 Å². The van der Waals surface area contributed by atoms with Crippen LogP contribution in [0.3, 0.4) is 0 Å². The van der Waals surface area contributed by atoms with Gasteiger partial charge in [0.1, 0.15) is 11.6 Å². The normalized spacial score (nSPS) is 10.3. The Kier molecular flexibility index (Phi) is 5.31. The number of hydrogen-bond donors (Lipinski definition) is 2. The number of pyridine rings is 1. The van der Waals surface area contributed by atoms with Gasteiger partial charge in [-0.1, -0.05) is 12.1 Å². The van der Waals surface area contributed by atoms with Crippen LogP contribution in [-0.4, -0.2) is 24.5 Å². The molecule has 0 unspecified atom stereocenters. The average molecular weight is 337 g/mol. The summed E-state index contributed by atoms with van der Waals surface area (Å²) in [4.78, 5) is 16.2. The molecule has 0 saturated heterocycles. The van der Waals surface area contributed by atoms with Crippen LogP contribution in [0.4, 0.5) is 11.5 Å². The number of ether oxygens (including phenoxy) is 1. The lowest BCUT2D eigenvalue weighted by Gasteiger charge is -2.08. The van der Waals surface area contributed by atoms with Crippen molar-refractivity contribution in [3.05, 3.63) is 72.3 Å². The predicted molar refractivity (Wildman–Crippen MR) is 96.1 cm³/mol. The van der Waals surface area contributed by atoms with Gasteiger partial charge in [-0.15, -0.1) is 0 Å². The highest BCUT2D eigenvalue weighted by Gasteiger charge is 2.08. The van der Waals surface area contributed by atoms with Crippen molar-refractivity contribution in [2.24, 2.45) is 0 Å². The topological polar surface area (TPSA) is 76.4 Å². The van der Waals surface area contributed by atoms with Gasteiger partial charge in [-0.25, -0.2) is 4.98 Å². The van der Waals surface area contributed by atoms with Gasteiger partial charge in [-0.05, 0) is 48.4 Å². The van der Waals surface area contributed by atoms with Crippen molar-refractivity contribution in [1.82, 2.24) is 4.98 Å². The first-order valence-electron chi connectivity index (χ1n) is 7.92. The van der Waals surface area contributed by atoms with Crippen LogP contribution in [0.1, 0.15) is 16.1 Å². The number of nitrogens with one attached hydrogen (secondary N) is 2. The summed E-state index contributed by atoms with van der Waals surface area (Å²) in [6, 6.07) is 14.9. The third-order valence-electron chi connectivity index (χ3n) is 3.62. The quantitative estimate of drug-likeness (QED) is 0.689. The molecule has 0 bridgehead atoms. The van der Waals surface area contributed by atoms with Crippen LogP contribution in [0.5, 0.6) is 5.75 Å². The minimum Gasteiger partial charge on any atom is -0.497 e. The Bertz CT molecular complexity index is 814. The molecule has 0 aliphatic carbocycles. The molecular weight excluding hydrogens is 318 g/mol. The molecule has 0 saturated carbocycles. The smallest absolute Gasteiger partial charge is 0.291 e. The van der Waals surface area contributed by atoms with Gasteiger partial charge in [0.2, 0.25) is 0 Å². The van der Waals surface area contributed by atoms with E-state index in [-0.39, 0.29) is 11.7 Å². The summed E-state index contributed by atoms with van der Waals surface area (Å²) >= 11 is 0. The number of carbonyl (C=O) groups is 1. The minimum absolute atomic E-state index is 0.264. The molecule has 2 heterocycles. The van der Waals surface area contributed by atoms with Gasteiger partial charge in [0.05, 0.1) is 25.3 Å². The summed E-state index contributed by atoms with van der Waals surface area (Å²) in [5.41, 5.74) is 1.80. The third-order valence-corrected chi connectivity index (χ3v) is 3.62. The van der Waals surface area contributed by atoms with E-state index >= 15 is 0 Å². The number of methoxy groups -OCH3 is 1. The second kappa shape index (κ2) is 8.01. The molecule has 3 rings (SSSR count). The summed E-state index contributed by atoms with van der Waals surface area (Å²) < 4.78 is 10.3. The zero-order valence-electron chi connectivity index (χ0n) is 13.9. The zero-order chi connectivity index (χ0) is 17.5. The van der Waals surface area contributed by atoms with Gasteiger partial charge in [-0.3, -0.25) is 4.79 Å². The number of aromatic nitrogens is 1. The number of hydrogen-bond acceptors (Lipinski definition) is 5. The van der Waals surface area contributed by atoms with E-state index in [2.05, 4.69) is 21.7 Å². The minimum atomic E-state index is -0.300. The van der Waals surface area contributed by atoms with Crippen LogP contribution in [0.2, 0.25) is 0 Å². The molecule has 2 N–H and O–H groups in total. The second-order valence-corrected chi connectivity index (χ2v) is 5.39. The molecule has 0 fully saturated rings. The third kappa shape index (κ3) is 4.60. The largest absolute Gasteiger partial charge is 0.497 e. The summed E-state index contributed by atoms with van der Waals surface area (Å²) in [5, 5.41) is 5.98. The maximum Gasteiger partial charge on any atom is 0.291 e. The second-order valence-electron chi connectivity index (χ2n) is 5.39. The fourth-order valence-corrected chi connectivity index (χ4v) is 2.34. The molecule has 1 aromatic carbocycles. The van der Waals surface area contributed by atoms with Gasteiger partial charge >= 0.3 is 0 Å². The first kappa shape index (κ1) is 16.6. The molecule has 128 valence electrons. The number of nitrogens with zero attached hydrogens (tertiary/aromatic N) is 1. The Morgan fingerprint density at radius 3 is 2.84 bits per heavy atom. The standard InChI is InChI=1S/C19H19N3O3/c1-24-16-5-2-4-14(12-16)9-10-20-18-8-7-15(13-21-18)22-19(23)17-6-3-11-25-17/h2-8,11-13H,9-10H2,1H3,(H,20,21)(H,22,23). The molecule has 0 aliphatic rings. The molecule has 0 atom stereocenters. The first-order valence-corrected chi connectivity index (χ1v) is 7.92. The van der Waals surface area contributed by atoms with Gasteiger partial charge in [0, 0.05) is 6.54 Å². The molecule has 2 aromatic heterocycles. The molecule has 25 heavy (non-hydrogen) atoms. The van der Waals surface area contributed by atoms with Crippen LogP contribution in [-0.2, 0) is 6.42 Å². The fourth-order valence-electron chi connectivity index (χ4n) is 2.34. The van der Waals surface area contributed by atoms with E-state index in [0.29, 0.717) is 5.69 Å². The van der Waals surface area contributed by atoms with Crippen LogP contribution in [0.25, 0.3) is 0 Å². The molecule has 3 aromatic rings. The summed E-state index contributed by atoms with van der Waals surface area (Å²) in [7, 11) is 1.66. The Morgan fingerprint density at radius 2 is 2.12 bits per heavy atom. The van der Waals surface area contributed by atoms with Crippen molar-refractivity contribution in [2.75, 3.05) is 24.3 Å². The number of amides is 1. The maximum absolute atomic E-state index is 11.9. The summed E-state index contributed by atoms with van der Waals surface area (Å²) in [6.07, 6.45) is 3.92. The number of anilines is 2. The van der Waals surface area contributed by atoms with E-state index in [1.807, 2.05) is 24.3 Å². The Morgan fingerprint density at radius 1 is 1.20 bits per heavy atom. The van der Waals surface area contributed by atoms with Crippen LogP contribution >= 0.6 is 0 Å². The van der Waals surface area contributed by atoms with Crippen molar-refractivity contribution in [3.8, 4) is 5.75 Å². The molecular formula is C19H19N3O3. The molecule has 6 nitrogen and oxygen atoms in total. The van der Waals surface area contributed by atoms with Crippen LogP contribution < -0.4 is 15.4 Å². The van der Waals surface area contributed by atoms with E-state index in [1.54, 1.807) is 31.5 Å². The van der Waals surface area contributed by atoms with Crippen LogP contribution in [0.15, 0.2) is 65.4 Å². The van der Waals surface area contributed by atoms with Gasteiger partial charge < -0.3 is 19.8 Å². The number of rotatable bonds is 7. The first-order chi connectivity index (χ1) is 12.2. The van der Waals surface area contributed by atoms with E-state index in [0.717, 1.165) is 24.5 Å². The van der Waals surface area contributed by atoms with E-state index in [1.165, 1.54) is 11.8 Å². The highest BCUT2D eigenvalue weighted by Crippen LogP contribution is 2.14. The highest BCUT2D eigenvalue weighted by molar-refractivity contribution is 6.02. The lowest BCUT2D eigenvalue weighted by atomic mass is 10.1.